The van der Waals surface area contributed by atoms with Crippen molar-refractivity contribution < 1.29 is 19.8 Å². The van der Waals surface area contributed by atoms with Gasteiger partial charge in [0.1, 0.15) is 0 Å². The van der Waals surface area contributed by atoms with Gasteiger partial charge < -0.3 is 10.2 Å². The maximum absolute atomic E-state index is 10.9. The summed E-state index contributed by atoms with van der Waals surface area (Å²) < 4.78 is 0. The van der Waals surface area contributed by atoms with Crippen molar-refractivity contribution in [3.05, 3.63) is 34.4 Å². The van der Waals surface area contributed by atoms with Crippen LogP contribution in [0.2, 0.25) is 0 Å². The molecule has 1 aromatic carbocycles. The molecule has 0 spiro atoms. The number of aryl methyl sites for hydroxylation is 1. The lowest BCUT2D eigenvalue weighted by molar-refractivity contribution is 0.0695. The maximum Gasteiger partial charge on any atom is 0.335 e. The van der Waals surface area contributed by atoms with Gasteiger partial charge in [-0.1, -0.05) is 6.92 Å². The third-order valence-electron chi connectivity index (χ3n) is 2.37. The summed E-state index contributed by atoms with van der Waals surface area (Å²) >= 11 is 0. The van der Waals surface area contributed by atoms with Crippen molar-refractivity contribution >= 4 is 11.9 Å². The van der Waals surface area contributed by atoms with Crippen LogP contribution < -0.4 is 0 Å². The Morgan fingerprint density at radius 2 is 1.80 bits per heavy atom. The fraction of sp³-hybridized carbons (Fsp3) is 0.273. The highest BCUT2D eigenvalue weighted by molar-refractivity contribution is 5.95. The van der Waals surface area contributed by atoms with Gasteiger partial charge in [0, 0.05) is 0 Å². The third kappa shape index (κ3) is 2.15. The number of carboxylic acids is 2. The van der Waals surface area contributed by atoms with E-state index >= 15 is 0 Å². The Kier molecular flexibility index (Phi) is 3.09. The molecule has 0 saturated heterocycles. The third-order valence-corrected chi connectivity index (χ3v) is 2.37. The topological polar surface area (TPSA) is 74.6 Å². The Morgan fingerprint density at radius 3 is 2.20 bits per heavy atom. The van der Waals surface area contributed by atoms with E-state index in [0.717, 1.165) is 5.56 Å². The van der Waals surface area contributed by atoms with E-state index in [1.807, 2.05) is 6.92 Å². The smallest absolute Gasteiger partial charge is 0.335 e. The van der Waals surface area contributed by atoms with E-state index in [2.05, 4.69) is 0 Å². The zero-order chi connectivity index (χ0) is 11.6. The van der Waals surface area contributed by atoms with E-state index in [4.69, 9.17) is 10.2 Å². The van der Waals surface area contributed by atoms with Crippen molar-refractivity contribution in [2.75, 3.05) is 0 Å². The zero-order valence-corrected chi connectivity index (χ0v) is 8.57. The minimum atomic E-state index is -1.10. The average molecular weight is 208 g/mol. The second-order valence-corrected chi connectivity index (χ2v) is 3.27. The SMILES string of the molecule is CCc1cc(C(=O)O)cc(C(=O)O)c1C. The molecule has 80 valence electrons. The monoisotopic (exact) mass is 208 g/mol. The van der Waals surface area contributed by atoms with Gasteiger partial charge in [-0.3, -0.25) is 0 Å². The minimum absolute atomic E-state index is 0.0230. The summed E-state index contributed by atoms with van der Waals surface area (Å²) in [6.07, 6.45) is 0.618. The van der Waals surface area contributed by atoms with Crippen LogP contribution in [-0.2, 0) is 6.42 Å². The summed E-state index contributed by atoms with van der Waals surface area (Å²) in [5.74, 6) is -2.20. The van der Waals surface area contributed by atoms with Gasteiger partial charge in [0.05, 0.1) is 11.1 Å². The zero-order valence-electron chi connectivity index (χ0n) is 8.57. The van der Waals surface area contributed by atoms with E-state index in [9.17, 15) is 9.59 Å². The summed E-state index contributed by atoms with van der Waals surface area (Å²) in [5.41, 5.74) is 1.48. The van der Waals surface area contributed by atoms with Crippen LogP contribution in [0.25, 0.3) is 0 Å². The first-order valence-corrected chi connectivity index (χ1v) is 4.57. The van der Waals surface area contributed by atoms with E-state index in [-0.39, 0.29) is 11.1 Å². The molecule has 0 unspecified atom stereocenters. The van der Waals surface area contributed by atoms with E-state index in [1.165, 1.54) is 12.1 Å². The van der Waals surface area contributed by atoms with Gasteiger partial charge in [-0.05, 0) is 36.6 Å². The molecule has 0 atom stereocenters. The molecule has 15 heavy (non-hydrogen) atoms. The predicted molar refractivity (Wildman–Crippen MR) is 54.5 cm³/mol. The van der Waals surface area contributed by atoms with Gasteiger partial charge in [0.25, 0.3) is 0 Å². The van der Waals surface area contributed by atoms with Crippen molar-refractivity contribution in [3.8, 4) is 0 Å². The van der Waals surface area contributed by atoms with Crippen LogP contribution in [-0.4, -0.2) is 22.2 Å². The van der Waals surface area contributed by atoms with Crippen molar-refractivity contribution in [3.63, 3.8) is 0 Å². The molecule has 4 nitrogen and oxygen atoms in total. The van der Waals surface area contributed by atoms with Crippen LogP contribution in [0.4, 0.5) is 0 Å². The summed E-state index contributed by atoms with van der Waals surface area (Å²) in [6, 6.07) is 2.71. The molecule has 0 aliphatic heterocycles. The van der Waals surface area contributed by atoms with Gasteiger partial charge in [0.15, 0.2) is 0 Å². The number of benzene rings is 1. The molecule has 2 N–H and O–H groups in total. The number of hydrogen-bond donors (Lipinski definition) is 2. The minimum Gasteiger partial charge on any atom is -0.478 e. The second kappa shape index (κ2) is 4.13. The summed E-state index contributed by atoms with van der Waals surface area (Å²) in [4.78, 5) is 21.6. The maximum atomic E-state index is 10.9. The number of hydrogen-bond acceptors (Lipinski definition) is 2. The molecule has 0 fully saturated rings. The van der Waals surface area contributed by atoms with Crippen LogP contribution >= 0.6 is 0 Å². The average Bonchev–Trinajstić information content (AvgIpc) is 2.17. The molecular formula is C11H12O4. The lowest BCUT2D eigenvalue weighted by Gasteiger charge is -2.08. The van der Waals surface area contributed by atoms with Crippen molar-refractivity contribution in [2.24, 2.45) is 0 Å². The Balaban J connectivity index is 3.45. The highest BCUT2D eigenvalue weighted by Gasteiger charge is 2.14. The van der Waals surface area contributed by atoms with Crippen molar-refractivity contribution in [1.82, 2.24) is 0 Å². The fourth-order valence-electron chi connectivity index (χ4n) is 1.49. The van der Waals surface area contributed by atoms with Crippen molar-refractivity contribution in [2.45, 2.75) is 20.3 Å². The second-order valence-electron chi connectivity index (χ2n) is 3.27. The van der Waals surface area contributed by atoms with Gasteiger partial charge in [-0.2, -0.15) is 0 Å². The quantitative estimate of drug-likeness (QED) is 0.796. The molecule has 0 aliphatic rings. The first-order chi connectivity index (χ1) is 6.97. The van der Waals surface area contributed by atoms with Gasteiger partial charge in [0.2, 0.25) is 0 Å². The number of aromatic carboxylic acids is 2. The van der Waals surface area contributed by atoms with E-state index in [0.29, 0.717) is 12.0 Å². The molecule has 0 radical (unpaired) electrons. The van der Waals surface area contributed by atoms with Crippen LogP contribution in [0.5, 0.6) is 0 Å². The molecule has 0 aliphatic carbocycles. The molecule has 1 aromatic rings. The van der Waals surface area contributed by atoms with Crippen molar-refractivity contribution in [1.29, 1.82) is 0 Å². The highest BCUT2D eigenvalue weighted by Crippen LogP contribution is 2.18. The number of carbonyl (C=O) groups is 2. The largest absolute Gasteiger partial charge is 0.478 e. The summed E-state index contributed by atoms with van der Waals surface area (Å²) in [5, 5.41) is 17.7. The molecule has 1 rings (SSSR count). The first-order valence-electron chi connectivity index (χ1n) is 4.57. The molecule has 4 heteroatoms. The number of carboxylic acid groups (broad SMARTS) is 2. The first kappa shape index (κ1) is 11.2. The Labute approximate surface area is 87.2 Å². The standard InChI is InChI=1S/C11H12O4/c1-3-7-4-8(10(12)13)5-9(6(7)2)11(14)15/h4-5H,3H2,1-2H3,(H,12,13)(H,14,15). The molecule has 0 saturated carbocycles. The summed E-state index contributed by atoms with van der Waals surface area (Å²) in [7, 11) is 0. The van der Waals surface area contributed by atoms with Gasteiger partial charge in [-0.25, -0.2) is 9.59 Å². The van der Waals surface area contributed by atoms with Gasteiger partial charge in [-0.15, -0.1) is 0 Å². The summed E-state index contributed by atoms with van der Waals surface area (Å²) in [6.45, 7) is 3.55. The van der Waals surface area contributed by atoms with E-state index in [1.54, 1.807) is 6.92 Å². The normalized spacial score (nSPS) is 10.0. The molecule has 0 heterocycles. The highest BCUT2D eigenvalue weighted by atomic mass is 16.4. The fourth-order valence-corrected chi connectivity index (χ4v) is 1.49. The van der Waals surface area contributed by atoms with Crippen LogP contribution in [0.1, 0.15) is 38.8 Å². The van der Waals surface area contributed by atoms with Crippen LogP contribution in [0.3, 0.4) is 0 Å². The van der Waals surface area contributed by atoms with Crippen LogP contribution in [0.15, 0.2) is 12.1 Å². The number of rotatable bonds is 3. The predicted octanol–water partition coefficient (Wildman–Crippen LogP) is 1.95. The molecular weight excluding hydrogens is 196 g/mol. The lowest BCUT2D eigenvalue weighted by atomic mass is 9.97. The molecule has 0 bridgehead atoms. The van der Waals surface area contributed by atoms with E-state index < -0.39 is 11.9 Å². The molecule has 0 amide bonds. The van der Waals surface area contributed by atoms with Gasteiger partial charge >= 0.3 is 11.9 Å². The van der Waals surface area contributed by atoms with Crippen LogP contribution in [0, 0.1) is 6.92 Å². The Morgan fingerprint density at radius 1 is 1.20 bits per heavy atom. The Hall–Kier alpha value is -1.84. The lowest BCUT2D eigenvalue weighted by Crippen LogP contribution is -2.07. The molecule has 0 aromatic heterocycles. The Bertz CT molecular complexity index is 421.